The lowest BCUT2D eigenvalue weighted by Crippen LogP contribution is -2.14. The summed E-state index contributed by atoms with van der Waals surface area (Å²) in [6.45, 7) is 2.71. The van der Waals surface area contributed by atoms with E-state index >= 15 is 0 Å². The van der Waals surface area contributed by atoms with Crippen LogP contribution in [0.5, 0.6) is 5.75 Å². The highest BCUT2D eigenvalue weighted by Gasteiger charge is 2.08. The van der Waals surface area contributed by atoms with Gasteiger partial charge in [-0.1, -0.05) is 18.5 Å². The van der Waals surface area contributed by atoms with Crippen LogP contribution in [0.15, 0.2) is 18.2 Å². The Morgan fingerprint density at radius 3 is 2.81 bits per heavy atom. The van der Waals surface area contributed by atoms with Gasteiger partial charge in [0, 0.05) is 17.1 Å². The second kappa shape index (κ2) is 6.66. The van der Waals surface area contributed by atoms with Crippen LogP contribution in [-0.4, -0.2) is 19.6 Å². The van der Waals surface area contributed by atoms with Gasteiger partial charge in [-0.2, -0.15) is 0 Å². The molecule has 1 aromatic rings. The molecule has 0 atom stereocenters. The number of alkyl halides is 2. The Morgan fingerprint density at radius 1 is 1.44 bits per heavy atom. The molecule has 2 nitrogen and oxygen atoms in total. The van der Waals surface area contributed by atoms with Crippen LogP contribution in [0.2, 0.25) is 5.02 Å². The van der Waals surface area contributed by atoms with Crippen LogP contribution in [-0.2, 0) is 6.54 Å². The maximum atomic E-state index is 12.0. The Hall–Kier alpha value is -0.870. The minimum Gasteiger partial charge on any atom is -0.487 e. The largest absolute Gasteiger partial charge is 0.487 e. The summed E-state index contributed by atoms with van der Waals surface area (Å²) in [5.74, 6) is 0.450. The van der Waals surface area contributed by atoms with Crippen LogP contribution in [0.1, 0.15) is 12.5 Å². The predicted molar refractivity (Wildman–Crippen MR) is 60.3 cm³/mol. The van der Waals surface area contributed by atoms with Crippen LogP contribution in [0.4, 0.5) is 8.78 Å². The number of hydrogen-bond acceptors (Lipinski definition) is 2. The first-order valence-corrected chi connectivity index (χ1v) is 5.41. The van der Waals surface area contributed by atoms with E-state index in [-0.39, 0.29) is 0 Å². The SMILES string of the molecule is CCNCc1cc(Cl)ccc1OCC(F)F. The molecular formula is C11H14ClF2NO. The van der Waals surface area contributed by atoms with E-state index in [2.05, 4.69) is 5.32 Å². The monoisotopic (exact) mass is 249 g/mol. The Balaban J connectivity index is 2.72. The predicted octanol–water partition coefficient (Wildman–Crippen LogP) is 3.09. The van der Waals surface area contributed by atoms with Crippen molar-refractivity contribution in [2.75, 3.05) is 13.2 Å². The molecule has 0 radical (unpaired) electrons. The molecule has 1 aromatic carbocycles. The van der Waals surface area contributed by atoms with Gasteiger partial charge in [0.1, 0.15) is 12.4 Å². The first-order chi connectivity index (χ1) is 7.63. The van der Waals surface area contributed by atoms with Crippen LogP contribution < -0.4 is 10.1 Å². The fourth-order valence-corrected chi connectivity index (χ4v) is 1.43. The lowest BCUT2D eigenvalue weighted by Gasteiger charge is -2.11. The molecule has 0 saturated heterocycles. The molecule has 90 valence electrons. The van der Waals surface area contributed by atoms with Crippen molar-refractivity contribution >= 4 is 11.6 Å². The number of benzene rings is 1. The van der Waals surface area contributed by atoms with E-state index in [1.165, 1.54) is 0 Å². The summed E-state index contributed by atoms with van der Waals surface area (Å²) in [6, 6.07) is 4.94. The van der Waals surface area contributed by atoms with Crippen LogP contribution in [0.25, 0.3) is 0 Å². The molecule has 0 aliphatic rings. The average Bonchev–Trinajstić information content (AvgIpc) is 2.24. The smallest absolute Gasteiger partial charge is 0.272 e. The minimum atomic E-state index is -2.47. The van der Waals surface area contributed by atoms with Crippen molar-refractivity contribution in [3.05, 3.63) is 28.8 Å². The van der Waals surface area contributed by atoms with Gasteiger partial charge in [-0.25, -0.2) is 8.78 Å². The Morgan fingerprint density at radius 2 is 2.19 bits per heavy atom. The van der Waals surface area contributed by atoms with E-state index < -0.39 is 13.0 Å². The molecule has 0 aliphatic heterocycles. The van der Waals surface area contributed by atoms with Crippen molar-refractivity contribution in [1.29, 1.82) is 0 Å². The maximum Gasteiger partial charge on any atom is 0.272 e. The second-order valence-electron chi connectivity index (χ2n) is 3.23. The van der Waals surface area contributed by atoms with Gasteiger partial charge in [-0.05, 0) is 24.7 Å². The molecule has 0 spiro atoms. The fraction of sp³-hybridized carbons (Fsp3) is 0.455. The molecular weight excluding hydrogens is 236 g/mol. The van der Waals surface area contributed by atoms with Crippen molar-refractivity contribution in [2.24, 2.45) is 0 Å². The van der Waals surface area contributed by atoms with Gasteiger partial charge in [0.15, 0.2) is 0 Å². The summed E-state index contributed by atoms with van der Waals surface area (Å²) in [5, 5.41) is 3.66. The molecule has 0 aromatic heterocycles. The maximum absolute atomic E-state index is 12.0. The Kier molecular flexibility index (Phi) is 5.49. The van der Waals surface area contributed by atoms with Gasteiger partial charge in [0.2, 0.25) is 0 Å². The lowest BCUT2D eigenvalue weighted by atomic mass is 10.2. The van der Waals surface area contributed by atoms with Crippen LogP contribution in [0.3, 0.4) is 0 Å². The summed E-state index contributed by atoms with van der Waals surface area (Å²) in [7, 11) is 0. The topological polar surface area (TPSA) is 21.3 Å². The molecule has 0 fully saturated rings. The normalized spacial score (nSPS) is 10.8. The third-order valence-corrected chi connectivity index (χ3v) is 2.19. The lowest BCUT2D eigenvalue weighted by molar-refractivity contribution is 0.0814. The standard InChI is InChI=1S/C11H14ClF2NO/c1-2-15-6-8-5-9(12)3-4-10(8)16-7-11(13)14/h3-5,11,15H,2,6-7H2,1H3. The third kappa shape index (κ3) is 4.33. The molecule has 0 unspecified atom stereocenters. The highest BCUT2D eigenvalue weighted by Crippen LogP contribution is 2.23. The molecule has 1 rings (SSSR count). The van der Waals surface area contributed by atoms with Gasteiger partial charge in [0.05, 0.1) is 0 Å². The molecule has 0 bridgehead atoms. The van der Waals surface area contributed by atoms with Gasteiger partial charge in [0.25, 0.3) is 6.43 Å². The van der Waals surface area contributed by atoms with E-state index in [0.717, 1.165) is 12.1 Å². The number of hydrogen-bond donors (Lipinski definition) is 1. The van der Waals surface area contributed by atoms with Crippen molar-refractivity contribution in [1.82, 2.24) is 5.32 Å². The van der Waals surface area contributed by atoms with E-state index in [1.807, 2.05) is 6.92 Å². The van der Waals surface area contributed by atoms with Gasteiger partial charge < -0.3 is 10.1 Å². The summed E-state index contributed by atoms with van der Waals surface area (Å²) in [5.41, 5.74) is 0.787. The first-order valence-electron chi connectivity index (χ1n) is 5.03. The molecule has 0 saturated carbocycles. The zero-order valence-corrected chi connectivity index (χ0v) is 9.73. The Labute approximate surface area is 98.6 Å². The molecule has 16 heavy (non-hydrogen) atoms. The van der Waals surface area contributed by atoms with E-state index in [1.54, 1.807) is 18.2 Å². The molecule has 0 heterocycles. The fourth-order valence-electron chi connectivity index (χ4n) is 1.24. The summed E-state index contributed by atoms with van der Waals surface area (Å²) >= 11 is 5.83. The van der Waals surface area contributed by atoms with Gasteiger partial charge in [-0.15, -0.1) is 0 Å². The number of halogens is 3. The minimum absolute atomic E-state index is 0.450. The van der Waals surface area contributed by atoms with Crippen LogP contribution >= 0.6 is 11.6 Å². The second-order valence-corrected chi connectivity index (χ2v) is 3.67. The number of nitrogens with one attached hydrogen (secondary N) is 1. The highest BCUT2D eigenvalue weighted by molar-refractivity contribution is 6.30. The Bertz CT molecular complexity index is 334. The van der Waals surface area contributed by atoms with Crippen molar-refractivity contribution in [3.8, 4) is 5.75 Å². The van der Waals surface area contributed by atoms with Gasteiger partial charge >= 0.3 is 0 Å². The highest BCUT2D eigenvalue weighted by atomic mass is 35.5. The molecule has 0 amide bonds. The van der Waals surface area contributed by atoms with Crippen LogP contribution in [0, 0.1) is 0 Å². The van der Waals surface area contributed by atoms with E-state index in [9.17, 15) is 8.78 Å². The summed E-state index contributed by atoms with van der Waals surface area (Å²) in [6.07, 6.45) is -2.47. The number of rotatable bonds is 6. The first kappa shape index (κ1) is 13.2. The van der Waals surface area contributed by atoms with Crippen molar-refractivity contribution in [2.45, 2.75) is 19.9 Å². The van der Waals surface area contributed by atoms with Crippen molar-refractivity contribution < 1.29 is 13.5 Å². The summed E-state index contributed by atoms with van der Waals surface area (Å²) < 4.78 is 29.0. The number of ether oxygens (including phenoxy) is 1. The quantitative estimate of drug-likeness (QED) is 0.837. The molecule has 1 N–H and O–H groups in total. The molecule has 0 aliphatic carbocycles. The van der Waals surface area contributed by atoms with Gasteiger partial charge in [-0.3, -0.25) is 0 Å². The molecule has 5 heteroatoms. The average molecular weight is 250 g/mol. The van der Waals surface area contributed by atoms with E-state index in [0.29, 0.717) is 17.3 Å². The third-order valence-electron chi connectivity index (χ3n) is 1.95. The van der Waals surface area contributed by atoms with E-state index in [4.69, 9.17) is 16.3 Å². The zero-order valence-electron chi connectivity index (χ0n) is 8.97. The van der Waals surface area contributed by atoms with Crippen molar-refractivity contribution in [3.63, 3.8) is 0 Å². The summed E-state index contributed by atoms with van der Waals surface area (Å²) in [4.78, 5) is 0. The zero-order chi connectivity index (χ0) is 12.0.